The van der Waals surface area contributed by atoms with Gasteiger partial charge in [-0.25, -0.2) is 4.39 Å². The van der Waals surface area contributed by atoms with Crippen LogP contribution >= 0.6 is 0 Å². The molecule has 0 spiro atoms. The van der Waals surface area contributed by atoms with E-state index in [-0.39, 0.29) is 5.82 Å². The van der Waals surface area contributed by atoms with Gasteiger partial charge in [0.1, 0.15) is 5.82 Å². The normalized spacial score (nSPS) is 10.8. The molecule has 1 amide bonds. The minimum Gasteiger partial charge on any atom is -0.366 e. The number of carbonyl (C=O) groups excluding carboxylic acids is 1. The van der Waals surface area contributed by atoms with Gasteiger partial charge in [-0.2, -0.15) is 0 Å². The highest BCUT2D eigenvalue weighted by Crippen LogP contribution is 2.20. The number of nitrogens with two attached hydrogens (primary N) is 1. The Morgan fingerprint density at radius 3 is 2.43 bits per heavy atom. The molecule has 3 aromatic rings. The van der Waals surface area contributed by atoms with Gasteiger partial charge in [-0.3, -0.25) is 4.79 Å². The lowest BCUT2D eigenvalue weighted by Crippen LogP contribution is -2.14. The van der Waals surface area contributed by atoms with E-state index < -0.39 is 5.91 Å². The molecule has 116 valence electrons. The lowest BCUT2D eigenvalue weighted by atomic mass is 10.1. The van der Waals surface area contributed by atoms with Gasteiger partial charge in [0.2, 0.25) is 5.91 Å². The minimum atomic E-state index is -0.442. The maximum Gasteiger partial charge on any atom is 0.248 e. The van der Waals surface area contributed by atoms with Crippen molar-refractivity contribution in [3.05, 3.63) is 83.2 Å². The smallest absolute Gasteiger partial charge is 0.248 e. The zero-order valence-electron chi connectivity index (χ0n) is 12.6. The molecule has 23 heavy (non-hydrogen) atoms. The number of benzene rings is 3. The van der Waals surface area contributed by atoms with Crippen LogP contribution in [0.3, 0.4) is 0 Å². The molecule has 3 N–H and O–H groups in total. The fourth-order valence-electron chi connectivity index (χ4n) is 2.54. The van der Waals surface area contributed by atoms with Crippen molar-refractivity contribution in [3.8, 4) is 0 Å². The first-order chi connectivity index (χ1) is 11.1. The molecular formula is C19H17FN2O. The molecule has 4 heteroatoms. The number of halogens is 1. The van der Waals surface area contributed by atoms with Crippen LogP contribution in [0, 0.1) is 5.82 Å². The second-order valence-corrected chi connectivity index (χ2v) is 5.42. The van der Waals surface area contributed by atoms with Crippen LogP contribution in [0.15, 0.2) is 60.7 Å². The summed E-state index contributed by atoms with van der Waals surface area (Å²) >= 11 is 0. The van der Waals surface area contributed by atoms with Gasteiger partial charge in [-0.1, -0.05) is 48.5 Å². The molecule has 0 saturated carbocycles. The molecule has 0 aliphatic carbocycles. The number of primary amides is 1. The number of amides is 1. The third-order valence-electron chi connectivity index (χ3n) is 3.83. The van der Waals surface area contributed by atoms with E-state index in [9.17, 15) is 9.18 Å². The Hall–Kier alpha value is -2.72. The lowest BCUT2D eigenvalue weighted by molar-refractivity contribution is 0.100. The van der Waals surface area contributed by atoms with Gasteiger partial charge in [0.25, 0.3) is 0 Å². The molecule has 0 fully saturated rings. The standard InChI is InChI=1S/C19H17FN2O/c20-18-16(10-9-14-3-1-2-4-17(14)18)12-22-11-13-5-7-15(8-6-13)19(21)23/h1-10,22H,11-12H2,(H2,21,23). The molecule has 0 radical (unpaired) electrons. The molecule has 3 nitrogen and oxygen atoms in total. The van der Waals surface area contributed by atoms with Crippen molar-refractivity contribution in [2.45, 2.75) is 13.1 Å². The van der Waals surface area contributed by atoms with Crippen LogP contribution in [0.2, 0.25) is 0 Å². The number of carbonyl (C=O) groups is 1. The van der Waals surface area contributed by atoms with Gasteiger partial charge in [0.05, 0.1) is 0 Å². The van der Waals surface area contributed by atoms with Gasteiger partial charge < -0.3 is 11.1 Å². The quantitative estimate of drug-likeness (QED) is 0.759. The largest absolute Gasteiger partial charge is 0.366 e. The van der Waals surface area contributed by atoms with Crippen LogP contribution in [0.25, 0.3) is 10.8 Å². The highest BCUT2D eigenvalue weighted by atomic mass is 19.1. The van der Waals surface area contributed by atoms with Crippen molar-refractivity contribution in [2.75, 3.05) is 0 Å². The third kappa shape index (κ3) is 3.38. The summed E-state index contributed by atoms with van der Waals surface area (Å²) in [5.41, 5.74) is 7.33. The molecule has 3 aromatic carbocycles. The van der Waals surface area contributed by atoms with E-state index in [1.54, 1.807) is 24.3 Å². The summed E-state index contributed by atoms with van der Waals surface area (Å²) < 4.78 is 14.4. The molecule has 0 aliphatic rings. The molecule has 0 aromatic heterocycles. The Labute approximate surface area is 133 Å². The van der Waals surface area contributed by atoms with Crippen LogP contribution in [0.4, 0.5) is 4.39 Å². The van der Waals surface area contributed by atoms with E-state index in [1.165, 1.54) is 0 Å². The van der Waals surface area contributed by atoms with Crippen molar-refractivity contribution >= 4 is 16.7 Å². The number of fused-ring (bicyclic) bond motifs is 1. The maximum atomic E-state index is 14.4. The Bertz CT molecular complexity index is 844. The van der Waals surface area contributed by atoms with Crippen LogP contribution in [-0.4, -0.2) is 5.91 Å². The molecule has 0 bridgehead atoms. The number of nitrogens with one attached hydrogen (secondary N) is 1. The molecular weight excluding hydrogens is 291 g/mol. The average Bonchev–Trinajstić information content (AvgIpc) is 2.57. The minimum absolute atomic E-state index is 0.181. The highest BCUT2D eigenvalue weighted by molar-refractivity contribution is 5.92. The predicted octanol–water partition coefficient (Wildman–Crippen LogP) is 3.37. The van der Waals surface area contributed by atoms with Crippen molar-refractivity contribution in [3.63, 3.8) is 0 Å². The average molecular weight is 308 g/mol. The van der Waals surface area contributed by atoms with Gasteiger partial charge in [-0.15, -0.1) is 0 Å². The van der Waals surface area contributed by atoms with Gasteiger partial charge in [0.15, 0.2) is 0 Å². The summed E-state index contributed by atoms with van der Waals surface area (Å²) in [6.07, 6.45) is 0. The molecule has 0 saturated heterocycles. The Morgan fingerprint density at radius 2 is 1.70 bits per heavy atom. The highest BCUT2D eigenvalue weighted by Gasteiger charge is 2.06. The zero-order chi connectivity index (χ0) is 16.2. The maximum absolute atomic E-state index is 14.4. The first kappa shape index (κ1) is 15.2. The molecule has 0 heterocycles. The van der Waals surface area contributed by atoms with Crippen LogP contribution in [-0.2, 0) is 13.1 Å². The van der Waals surface area contributed by atoms with Crippen LogP contribution in [0.1, 0.15) is 21.5 Å². The summed E-state index contributed by atoms with van der Waals surface area (Å²) in [6.45, 7) is 1.03. The van der Waals surface area contributed by atoms with E-state index in [1.807, 2.05) is 36.4 Å². The Kier molecular flexibility index (Phi) is 4.35. The Balaban J connectivity index is 1.66. The first-order valence-corrected chi connectivity index (χ1v) is 7.41. The summed E-state index contributed by atoms with van der Waals surface area (Å²) in [6, 6.07) is 18.2. The second kappa shape index (κ2) is 6.58. The van der Waals surface area contributed by atoms with E-state index in [0.29, 0.717) is 29.6 Å². The summed E-state index contributed by atoms with van der Waals surface area (Å²) in [7, 11) is 0. The molecule has 0 atom stereocenters. The van der Waals surface area contributed by atoms with E-state index in [2.05, 4.69) is 5.32 Å². The van der Waals surface area contributed by atoms with E-state index >= 15 is 0 Å². The summed E-state index contributed by atoms with van der Waals surface area (Å²) in [5.74, 6) is -0.623. The van der Waals surface area contributed by atoms with Crippen LogP contribution in [0.5, 0.6) is 0 Å². The number of rotatable bonds is 5. The number of hydrogen-bond acceptors (Lipinski definition) is 2. The van der Waals surface area contributed by atoms with Crippen molar-refractivity contribution < 1.29 is 9.18 Å². The fourth-order valence-corrected chi connectivity index (χ4v) is 2.54. The third-order valence-corrected chi connectivity index (χ3v) is 3.83. The van der Waals surface area contributed by atoms with Crippen molar-refractivity contribution in [2.24, 2.45) is 5.73 Å². The topological polar surface area (TPSA) is 55.1 Å². The van der Waals surface area contributed by atoms with Gasteiger partial charge in [-0.05, 0) is 23.1 Å². The molecule has 3 rings (SSSR count). The lowest BCUT2D eigenvalue weighted by Gasteiger charge is -2.09. The Morgan fingerprint density at radius 1 is 0.957 bits per heavy atom. The van der Waals surface area contributed by atoms with Crippen LogP contribution < -0.4 is 11.1 Å². The second-order valence-electron chi connectivity index (χ2n) is 5.42. The van der Waals surface area contributed by atoms with Crippen molar-refractivity contribution in [1.29, 1.82) is 0 Å². The van der Waals surface area contributed by atoms with Gasteiger partial charge >= 0.3 is 0 Å². The zero-order valence-corrected chi connectivity index (χ0v) is 12.6. The van der Waals surface area contributed by atoms with E-state index in [4.69, 9.17) is 5.73 Å². The fraction of sp³-hybridized carbons (Fsp3) is 0.105. The summed E-state index contributed by atoms with van der Waals surface area (Å²) in [5, 5.41) is 4.75. The first-order valence-electron chi connectivity index (χ1n) is 7.41. The van der Waals surface area contributed by atoms with E-state index in [0.717, 1.165) is 10.9 Å². The molecule has 0 unspecified atom stereocenters. The summed E-state index contributed by atoms with van der Waals surface area (Å²) in [4.78, 5) is 11.0. The molecule has 0 aliphatic heterocycles. The van der Waals surface area contributed by atoms with Gasteiger partial charge in [0, 0.05) is 29.6 Å². The number of hydrogen-bond donors (Lipinski definition) is 2. The van der Waals surface area contributed by atoms with Crippen molar-refractivity contribution in [1.82, 2.24) is 5.32 Å². The SMILES string of the molecule is NC(=O)c1ccc(CNCc2ccc3ccccc3c2F)cc1. The predicted molar refractivity (Wildman–Crippen MR) is 89.4 cm³/mol. The monoisotopic (exact) mass is 308 g/mol.